The van der Waals surface area contributed by atoms with Gasteiger partial charge in [-0.2, -0.15) is 0 Å². The van der Waals surface area contributed by atoms with E-state index in [0.29, 0.717) is 11.8 Å². The van der Waals surface area contributed by atoms with Crippen molar-refractivity contribution in [1.29, 1.82) is 0 Å². The Kier molecular flexibility index (Phi) is 4.24. The molecular weight excluding hydrogens is 344 g/mol. The van der Waals surface area contributed by atoms with Gasteiger partial charge in [0, 0.05) is 28.9 Å². The lowest BCUT2D eigenvalue weighted by Gasteiger charge is -2.23. The number of piperidine rings is 1. The summed E-state index contributed by atoms with van der Waals surface area (Å²) in [4.78, 5) is 8.28. The van der Waals surface area contributed by atoms with Crippen LogP contribution in [0, 0.1) is 6.92 Å². The molecule has 0 atom stereocenters. The summed E-state index contributed by atoms with van der Waals surface area (Å²) in [6.07, 6.45) is 6.75. The van der Waals surface area contributed by atoms with Crippen LogP contribution in [0.4, 0.5) is 0 Å². The van der Waals surface area contributed by atoms with Crippen LogP contribution in [0.3, 0.4) is 0 Å². The maximum absolute atomic E-state index is 4.56. The lowest BCUT2D eigenvalue weighted by molar-refractivity contribution is 0.460. The van der Waals surface area contributed by atoms with Gasteiger partial charge in [-0.25, -0.2) is 4.98 Å². The number of aryl methyl sites for hydroxylation is 1. The number of nitrogens with one attached hydrogen (secondary N) is 2. The first-order valence-electron chi connectivity index (χ1n) is 10.4. The summed E-state index contributed by atoms with van der Waals surface area (Å²) in [6.45, 7) is 8.88. The molecule has 0 unspecified atom stereocenters. The molecule has 4 aromatic rings. The third kappa shape index (κ3) is 2.92. The lowest BCUT2D eigenvalue weighted by atomic mass is 9.88. The number of imidazole rings is 1. The fraction of sp³-hybridized carbons (Fsp3) is 0.375. The monoisotopic (exact) mass is 372 g/mol. The predicted molar refractivity (Wildman–Crippen MR) is 116 cm³/mol. The number of hydrogen-bond donors (Lipinski definition) is 2. The normalized spacial score (nSPS) is 15.9. The summed E-state index contributed by atoms with van der Waals surface area (Å²) in [7, 11) is 0. The zero-order valence-corrected chi connectivity index (χ0v) is 16.9. The van der Waals surface area contributed by atoms with E-state index in [1.54, 1.807) is 0 Å². The van der Waals surface area contributed by atoms with E-state index in [1.165, 1.54) is 46.1 Å². The van der Waals surface area contributed by atoms with Gasteiger partial charge < -0.3 is 14.7 Å². The number of aromatic amines is 1. The van der Waals surface area contributed by atoms with E-state index in [4.69, 9.17) is 0 Å². The highest BCUT2D eigenvalue weighted by molar-refractivity contribution is 5.92. The fourth-order valence-electron chi connectivity index (χ4n) is 4.73. The van der Waals surface area contributed by atoms with Crippen molar-refractivity contribution in [2.75, 3.05) is 13.1 Å². The number of aromatic nitrogens is 3. The first kappa shape index (κ1) is 17.5. The van der Waals surface area contributed by atoms with Crippen molar-refractivity contribution in [3.63, 3.8) is 0 Å². The van der Waals surface area contributed by atoms with Crippen LogP contribution >= 0.6 is 0 Å². The molecule has 4 heterocycles. The summed E-state index contributed by atoms with van der Waals surface area (Å²) in [5.41, 5.74) is 8.64. The molecule has 28 heavy (non-hydrogen) atoms. The van der Waals surface area contributed by atoms with Gasteiger partial charge in [0.05, 0.1) is 11.4 Å². The zero-order chi connectivity index (χ0) is 19.3. The molecule has 4 nitrogen and oxygen atoms in total. The molecule has 0 aliphatic carbocycles. The second kappa shape index (κ2) is 6.78. The fourth-order valence-corrected chi connectivity index (χ4v) is 4.73. The van der Waals surface area contributed by atoms with Gasteiger partial charge in [0.2, 0.25) is 0 Å². The summed E-state index contributed by atoms with van der Waals surface area (Å²) in [5, 5.41) is 4.86. The van der Waals surface area contributed by atoms with E-state index in [1.807, 2.05) is 6.92 Å². The Morgan fingerprint density at radius 2 is 1.89 bits per heavy atom. The summed E-state index contributed by atoms with van der Waals surface area (Å²) in [5.74, 6) is 1.13. The summed E-state index contributed by atoms with van der Waals surface area (Å²) < 4.78 is 2.13. The molecule has 2 N–H and O–H groups in total. The van der Waals surface area contributed by atoms with Gasteiger partial charge in [-0.15, -0.1) is 0 Å². The van der Waals surface area contributed by atoms with Crippen LogP contribution in [0.15, 0.2) is 42.7 Å². The molecule has 1 fully saturated rings. The van der Waals surface area contributed by atoms with Crippen molar-refractivity contribution in [2.24, 2.45) is 0 Å². The molecule has 0 amide bonds. The van der Waals surface area contributed by atoms with Crippen molar-refractivity contribution >= 4 is 16.6 Å². The highest BCUT2D eigenvalue weighted by atomic mass is 15.0. The first-order valence-corrected chi connectivity index (χ1v) is 10.4. The van der Waals surface area contributed by atoms with Gasteiger partial charge >= 0.3 is 0 Å². The van der Waals surface area contributed by atoms with Crippen LogP contribution in [0.2, 0.25) is 0 Å². The SMILES string of the molecule is Cc1cn2cc(-c3[nH]c4ccc(C5CCNCC5)cc4c3C(C)C)ccc2n1. The minimum absolute atomic E-state index is 0.451. The van der Waals surface area contributed by atoms with Crippen LogP contribution in [0.25, 0.3) is 27.8 Å². The van der Waals surface area contributed by atoms with Crippen molar-refractivity contribution in [1.82, 2.24) is 19.7 Å². The zero-order valence-electron chi connectivity index (χ0n) is 16.9. The summed E-state index contributed by atoms with van der Waals surface area (Å²) >= 11 is 0. The van der Waals surface area contributed by atoms with Gasteiger partial charge in [0.15, 0.2) is 0 Å². The molecule has 1 saturated heterocycles. The number of nitrogens with zero attached hydrogens (tertiary/aromatic N) is 2. The Labute approximate surface area is 166 Å². The number of pyridine rings is 1. The van der Waals surface area contributed by atoms with Crippen molar-refractivity contribution in [2.45, 2.75) is 45.4 Å². The molecule has 144 valence electrons. The van der Waals surface area contributed by atoms with Gasteiger partial charge in [-0.1, -0.05) is 19.9 Å². The third-order valence-corrected chi connectivity index (χ3v) is 6.11. The van der Waals surface area contributed by atoms with Gasteiger partial charge in [-0.3, -0.25) is 0 Å². The van der Waals surface area contributed by atoms with Gasteiger partial charge in [0.1, 0.15) is 5.65 Å². The Morgan fingerprint density at radius 1 is 1.07 bits per heavy atom. The molecule has 5 rings (SSSR count). The second-order valence-corrected chi connectivity index (χ2v) is 8.46. The molecular formula is C24H28N4. The highest BCUT2D eigenvalue weighted by Crippen LogP contribution is 2.37. The van der Waals surface area contributed by atoms with Crippen LogP contribution in [-0.4, -0.2) is 27.5 Å². The number of rotatable bonds is 3. The van der Waals surface area contributed by atoms with E-state index >= 15 is 0 Å². The van der Waals surface area contributed by atoms with Crippen molar-refractivity contribution < 1.29 is 0 Å². The Hall–Kier alpha value is -2.59. The number of benzene rings is 1. The molecule has 1 aromatic carbocycles. The molecule has 0 radical (unpaired) electrons. The topological polar surface area (TPSA) is 45.1 Å². The van der Waals surface area contributed by atoms with Crippen LogP contribution in [0.1, 0.15) is 55.3 Å². The number of hydrogen-bond acceptors (Lipinski definition) is 2. The third-order valence-electron chi connectivity index (χ3n) is 6.11. The minimum Gasteiger partial charge on any atom is -0.354 e. The Balaban J connectivity index is 1.66. The molecule has 0 spiro atoms. The Bertz CT molecular complexity index is 1140. The van der Waals surface area contributed by atoms with Crippen LogP contribution in [0.5, 0.6) is 0 Å². The van der Waals surface area contributed by atoms with Crippen molar-refractivity contribution in [3.05, 3.63) is 59.5 Å². The van der Waals surface area contributed by atoms with Crippen LogP contribution in [-0.2, 0) is 0 Å². The molecule has 0 bridgehead atoms. The molecule has 4 heteroatoms. The van der Waals surface area contributed by atoms with Crippen molar-refractivity contribution in [3.8, 4) is 11.3 Å². The Morgan fingerprint density at radius 3 is 2.68 bits per heavy atom. The summed E-state index contributed by atoms with van der Waals surface area (Å²) in [6, 6.07) is 11.3. The quantitative estimate of drug-likeness (QED) is 0.507. The standard InChI is InChI=1S/C24H28N4/c1-15(2)23-20-12-18(17-8-10-25-11-9-17)4-6-21(20)27-24(23)19-5-7-22-26-16(3)13-28(22)14-19/h4-7,12-15,17,25,27H,8-11H2,1-3H3. The molecule has 3 aromatic heterocycles. The highest BCUT2D eigenvalue weighted by Gasteiger charge is 2.20. The maximum atomic E-state index is 4.56. The molecule has 1 aliphatic heterocycles. The molecule has 0 saturated carbocycles. The van der Waals surface area contributed by atoms with Crippen LogP contribution < -0.4 is 5.32 Å². The first-order chi connectivity index (χ1) is 13.6. The number of H-pyrrole nitrogens is 1. The van der Waals surface area contributed by atoms with E-state index in [2.05, 4.69) is 76.3 Å². The molecule has 1 aliphatic rings. The van der Waals surface area contributed by atoms with E-state index in [0.717, 1.165) is 24.4 Å². The lowest BCUT2D eigenvalue weighted by Crippen LogP contribution is -2.26. The maximum Gasteiger partial charge on any atom is 0.136 e. The second-order valence-electron chi connectivity index (χ2n) is 8.46. The smallest absolute Gasteiger partial charge is 0.136 e. The van der Waals surface area contributed by atoms with Gasteiger partial charge in [-0.05, 0) is 80.1 Å². The number of fused-ring (bicyclic) bond motifs is 2. The average Bonchev–Trinajstić information content (AvgIpc) is 3.26. The largest absolute Gasteiger partial charge is 0.354 e. The van der Waals surface area contributed by atoms with E-state index < -0.39 is 0 Å². The minimum atomic E-state index is 0.451. The van der Waals surface area contributed by atoms with E-state index in [-0.39, 0.29) is 0 Å². The predicted octanol–water partition coefficient (Wildman–Crippen LogP) is 5.38. The van der Waals surface area contributed by atoms with E-state index in [9.17, 15) is 0 Å². The average molecular weight is 373 g/mol. The van der Waals surface area contributed by atoms with Gasteiger partial charge in [0.25, 0.3) is 0 Å².